The van der Waals surface area contributed by atoms with Gasteiger partial charge in [-0.05, 0) is 129 Å². The van der Waals surface area contributed by atoms with Gasteiger partial charge in [-0.1, -0.05) is 114 Å². The van der Waals surface area contributed by atoms with E-state index < -0.39 is 34.1 Å². The molecule has 3 aromatic heterocycles. The van der Waals surface area contributed by atoms with Crippen molar-refractivity contribution in [3.8, 4) is 17.2 Å². The lowest BCUT2D eigenvalue weighted by Crippen LogP contribution is -2.74. The topological polar surface area (TPSA) is 351 Å². The monoisotopic (exact) mass is 1920 g/mol. The number of hydrogen-bond donors (Lipinski definition) is 10. The summed E-state index contributed by atoms with van der Waals surface area (Å²) in [6.45, 7) is 9.42. The van der Waals surface area contributed by atoms with E-state index in [0.29, 0.717) is 120 Å². The number of halogens is 7. The van der Waals surface area contributed by atoms with Crippen molar-refractivity contribution < 1.29 is 51.4 Å². The molecule has 8 aromatic carbocycles. The van der Waals surface area contributed by atoms with Gasteiger partial charge in [0.15, 0.2) is 17.5 Å². The zero-order valence-electron chi connectivity index (χ0n) is 78.0. The molecule has 5 aliphatic heterocycles. The Morgan fingerprint density at radius 2 is 0.716 bits per heavy atom. The molecule has 32 nitrogen and oxygen atoms in total. The largest absolute Gasteiger partial charge is 0.496 e. The fourth-order valence-electron chi connectivity index (χ4n) is 17.1. The molecule has 11 N–H and O–H groups in total. The number of nitrogens with two attached hydrogens (primary N) is 1. The van der Waals surface area contributed by atoms with Gasteiger partial charge in [-0.15, -0.1) is 11.6 Å². The van der Waals surface area contributed by atoms with Gasteiger partial charge < -0.3 is 87.4 Å². The number of rotatable bonds is 28. The van der Waals surface area contributed by atoms with Gasteiger partial charge in [-0.3, -0.25) is 43.6 Å². The molecule has 0 unspecified atom stereocenters. The third kappa shape index (κ3) is 23.0. The van der Waals surface area contributed by atoms with Gasteiger partial charge in [0, 0.05) is 171 Å². The first kappa shape index (κ1) is 103. The number of likely N-dealkylation sites (tertiary alicyclic amines) is 4. The summed E-state index contributed by atoms with van der Waals surface area (Å²) in [5.74, 6) is 1.81. The Kier molecular flexibility index (Phi) is 35.1. The maximum absolute atomic E-state index is 14.5. The number of fused-ring (bicyclic) bond motifs is 3. The maximum Gasteiger partial charge on any atom is 0.242 e. The molecule has 5 saturated heterocycles. The SMILES string of the molecule is CN1CC(C(N)=O)(N(C)Cc2ccccc2)C1.CNC(=O)C1(N(C)Cc2cc3c(Nc4cccc(Cl)c4F)ncnc3cc2OC)CN(C)C1.CNC(=O)C1(N(C)Cc2cc3c(Nc4cccc(Cl)c4F)ncnc3cc2OC)CNC1.CNC(=O)C1(N(C)Cc2ccccc2)CN(C)C1.CNC(=O)C1(NC)CN(C)C1.COc1cc2ncnc(Nc3cccc(Cl)c3F)c2cc1CCl. The van der Waals surface area contributed by atoms with E-state index >= 15 is 0 Å². The van der Waals surface area contributed by atoms with E-state index in [0.717, 1.165) is 56.0 Å². The number of carbonyl (C=O) groups excluding carboxylic acids is 5. The molecule has 11 aromatic rings. The third-order valence-corrected chi connectivity index (χ3v) is 25.9. The minimum atomic E-state index is -0.632. The average Bonchev–Trinajstić information content (AvgIpc) is 0.785. The van der Waals surface area contributed by atoms with Gasteiger partial charge in [-0.25, -0.2) is 43.1 Å². The van der Waals surface area contributed by atoms with Gasteiger partial charge >= 0.3 is 0 Å². The van der Waals surface area contributed by atoms with Gasteiger partial charge in [-0.2, -0.15) is 0 Å². The molecule has 0 bridgehead atoms. The Morgan fingerprint density at radius 1 is 0.410 bits per heavy atom. The number of likely N-dealkylation sites (N-methyl/N-ethyl adjacent to an activating group) is 13. The summed E-state index contributed by atoms with van der Waals surface area (Å²) in [6.07, 6.45) is 4.20. The number of ether oxygens (including phenoxy) is 3. The first-order valence-corrected chi connectivity index (χ1v) is 44.7. The second kappa shape index (κ2) is 45.7. The van der Waals surface area contributed by atoms with Crippen molar-refractivity contribution in [3.05, 3.63) is 231 Å². The van der Waals surface area contributed by atoms with Crippen molar-refractivity contribution >= 4 is 143 Å². The number of benzene rings is 8. The Morgan fingerprint density at radius 3 is 1.01 bits per heavy atom. The molecule has 39 heteroatoms. The Labute approximate surface area is 798 Å². The van der Waals surface area contributed by atoms with Gasteiger partial charge in [0.25, 0.3) is 0 Å². The molecule has 0 saturated carbocycles. The van der Waals surface area contributed by atoms with Crippen LogP contribution in [-0.2, 0) is 56.0 Å². The molecule has 8 heterocycles. The van der Waals surface area contributed by atoms with E-state index in [-0.39, 0.29) is 78.6 Å². The predicted molar refractivity (Wildman–Crippen MR) is 522 cm³/mol. The van der Waals surface area contributed by atoms with Crippen molar-refractivity contribution in [2.45, 2.75) is 59.8 Å². The van der Waals surface area contributed by atoms with Crippen molar-refractivity contribution in [1.29, 1.82) is 0 Å². The lowest BCUT2D eigenvalue weighted by atomic mass is 9.87. The molecule has 714 valence electrons. The molecule has 134 heavy (non-hydrogen) atoms. The van der Waals surface area contributed by atoms with Crippen LogP contribution in [-0.4, -0.2) is 305 Å². The quantitative estimate of drug-likeness (QED) is 0.0204. The lowest BCUT2D eigenvalue weighted by Gasteiger charge is -2.52. The Balaban J connectivity index is 0.000000160. The highest BCUT2D eigenvalue weighted by Gasteiger charge is 2.53. The number of hydrogen-bond acceptors (Lipinski definition) is 27. The van der Waals surface area contributed by atoms with Gasteiger partial charge in [0.05, 0.1) is 75.9 Å². The molecule has 16 rings (SSSR count). The van der Waals surface area contributed by atoms with Gasteiger partial charge in [0.2, 0.25) is 29.5 Å². The van der Waals surface area contributed by atoms with Crippen LogP contribution in [0.15, 0.2) is 171 Å². The number of alkyl halides is 1. The van der Waals surface area contributed by atoms with Crippen LogP contribution in [0, 0.1) is 17.5 Å². The summed E-state index contributed by atoms with van der Waals surface area (Å²) in [5, 5.41) is 28.4. The van der Waals surface area contributed by atoms with Crippen LogP contribution >= 0.6 is 46.4 Å². The average molecular weight is 1920 g/mol. The van der Waals surface area contributed by atoms with E-state index in [4.69, 9.17) is 66.3 Å². The maximum atomic E-state index is 14.5. The van der Waals surface area contributed by atoms with Crippen LogP contribution in [0.4, 0.5) is 47.7 Å². The summed E-state index contributed by atoms with van der Waals surface area (Å²) in [7, 11) is 29.1. The predicted octanol–water partition coefficient (Wildman–Crippen LogP) is 10.1. The number of primary amides is 1. The van der Waals surface area contributed by atoms with E-state index in [1.807, 2.05) is 140 Å². The van der Waals surface area contributed by atoms with E-state index in [9.17, 15) is 37.1 Å². The zero-order valence-corrected chi connectivity index (χ0v) is 81.0. The fraction of sp³-hybridized carbons (Fsp3) is 0.379. The molecule has 5 fully saturated rings. The second-order valence-corrected chi connectivity index (χ2v) is 35.3. The number of amides is 5. The first-order chi connectivity index (χ1) is 64.1. The van der Waals surface area contributed by atoms with Crippen LogP contribution in [0.3, 0.4) is 0 Å². The van der Waals surface area contributed by atoms with Gasteiger partial charge in [0.1, 0.15) is 81.4 Å². The number of nitrogens with one attached hydrogen (secondary N) is 9. The highest BCUT2D eigenvalue weighted by atomic mass is 35.5. The standard InChI is InChI=1S/C23H26ClFN6O2.C22H24ClFN6O2.C16H12Cl2FN3O.C14H21N3O.C13H19N3O.C7H15N3O/c1-26-22(32)23(11-30(2)12-23)31(3)10-14-8-15-18(9-19(14)33-4)27-13-28-21(15)29-17-7-5-6-16(24)20(17)25;1-25-21(31)22(10-26-11-22)30(2)9-13-7-14-17(8-18(13)32-3)27-12-28-20(14)29-16-6-4-5-15(23)19(16)24;1-23-14-6-13-10(5-9(14)7-17)16(21-8-20-13)22-12-4-2-3-11(18)15(12)19;1-15-13(18)14(10-16(2)11-14)17(3)9-12-7-5-4-6-8-12;1-15-9-13(10-15,12(14)17)16(2)8-11-6-4-3-5-7-11;1-8-6(11)7(9-2)4-10(3)5-7/h5-9,13H,10-12H2,1-4H3,(H,26,32)(H,27,28,29);4-8,12,26H,9-11H2,1-3H3,(H,25,31)(H,27,28,29);2-6,8H,7H2,1H3,(H,20,21,22);4-8H,9-11H2,1-3H3,(H,15,18);3-7H,8-10H2,1-2H3,(H2,14,17);9H,4-5H2,1-3H3,(H,8,11). The normalized spacial score (nSPS) is 15.9. The third-order valence-electron chi connectivity index (χ3n) is 24.8. The van der Waals surface area contributed by atoms with E-state index in [2.05, 4.69) is 131 Å². The zero-order chi connectivity index (χ0) is 97.2. The summed E-state index contributed by atoms with van der Waals surface area (Å²) in [5.41, 5.74) is 10.6. The molecule has 0 radical (unpaired) electrons. The highest BCUT2D eigenvalue weighted by Crippen LogP contribution is 2.40. The highest BCUT2D eigenvalue weighted by molar-refractivity contribution is 6.31. The number of carbonyl (C=O) groups is 5. The summed E-state index contributed by atoms with van der Waals surface area (Å²) in [6, 6.07) is 45.6. The fourth-order valence-corrected chi connectivity index (χ4v) is 17.8. The molecule has 0 aliphatic carbocycles. The lowest BCUT2D eigenvalue weighted by molar-refractivity contribution is -0.144. The molecule has 0 atom stereocenters. The van der Waals surface area contributed by atoms with Crippen LogP contribution < -0.4 is 67.8 Å². The summed E-state index contributed by atoms with van der Waals surface area (Å²) < 4.78 is 59.5. The second-order valence-electron chi connectivity index (χ2n) is 33.9. The van der Waals surface area contributed by atoms with Crippen LogP contribution in [0.1, 0.15) is 27.8 Å². The summed E-state index contributed by atoms with van der Waals surface area (Å²) >= 11 is 23.6. The molecular formula is C95H117Cl4F3N24O8. The molecule has 0 spiro atoms. The Bertz CT molecular complexity index is 5950. The number of anilines is 6. The van der Waals surface area contributed by atoms with Crippen LogP contribution in [0.2, 0.25) is 15.1 Å². The van der Waals surface area contributed by atoms with Crippen molar-refractivity contribution in [3.63, 3.8) is 0 Å². The molecular weight excluding hydrogens is 1800 g/mol. The van der Waals surface area contributed by atoms with Crippen molar-refractivity contribution in [1.82, 2.24) is 101 Å². The Hall–Kier alpha value is -11.5. The van der Waals surface area contributed by atoms with Crippen molar-refractivity contribution in [2.24, 2.45) is 5.73 Å². The summed E-state index contributed by atoms with van der Waals surface area (Å²) in [4.78, 5) is 103. The molecule has 5 amide bonds. The van der Waals surface area contributed by atoms with E-state index in [1.165, 1.54) is 48.3 Å². The first-order valence-electron chi connectivity index (χ1n) is 43.0. The van der Waals surface area contributed by atoms with E-state index in [1.54, 1.807) is 92.0 Å². The van der Waals surface area contributed by atoms with Crippen LogP contribution in [0.25, 0.3) is 32.7 Å². The van der Waals surface area contributed by atoms with Crippen LogP contribution in [0.5, 0.6) is 17.2 Å². The minimum absolute atomic E-state index is 0.0194. The van der Waals surface area contributed by atoms with Crippen molar-refractivity contribution in [2.75, 3.05) is 194 Å². The number of aromatic nitrogens is 6. The minimum Gasteiger partial charge on any atom is -0.496 e. The smallest absolute Gasteiger partial charge is 0.242 e. The number of methoxy groups -OCH3 is 3. The molecule has 5 aliphatic rings. The number of nitrogens with zero attached hydrogens (tertiary/aromatic N) is 14.